The highest BCUT2D eigenvalue weighted by Crippen LogP contribution is 2.26. The van der Waals surface area contributed by atoms with E-state index in [1.165, 1.54) is 6.07 Å². The van der Waals surface area contributed by atoms with Gasteiger partial charge in [0.2, 0.25) is 0 Å². The molecule has 0 saturated heterocycles. The number of halogens is 1. The molecule has 0 fully saturated rings. The molecule has 0 unspecified atom stereocenters. The molecule has 1 aromatic carbocycles. The molecule has 0 heterocycles. The molecule has 0 amide bonds. The Morgan fingerprint density at radius 2 is 2.23 bits per heavy atom. The van der Waals surface area contributed by atoms with Gasteiger partial charge in [0.25, 0.3) is 0 Å². The quantitative estimate of drug-likeness (QED) is 0.596. The summed E-state index contributed by atoms with van der Waals surface area (Å²) in [6, 6.07) is 3.04. The summed E-state index contributed by atoms with van der Waals surface area (Å²) in [7, 11) is 0. The first-order valence-corrected chi connectivity index (χ1v) is 4.14. The zero-order valence-corrected chi connectivity index (χ0v) is 7.71. The monoisotopic (exact) mass is 196 g/mol. The molecule has 0 aromatic heterocycles. The Morgan fingerprint density at radius 3 is 2.77 bits per heavy atom. The fourth-order valence-corrected chi connectivity index (χ4v) is 1.33. The molecular weight excluding hydrogens is 188 g/mol. The van der Waals surface area contributed by atoms with Crippen LogP contribution in [-0.4, -0.2) is 11.4 Å². The Kier molecular flexibility index (Phi) is 3.09. The van der Waals surface area contributed by atoms with Crippen LogP contribution in [0.3, 0.4) is 0 Å². The smallest absolute Gasteiger partial charge is 0.153 e. The summed E-state index contributed by atoms with van der Waals surface area (Å²) in [5, 5.41) is 9.95. The van der Waals surface area contributed by atoms with E-state index in [4.69, 9.17) is 11.6 Å². The molecule has 0 saturated carbocycles. The molecular formula is C10H9ClO2. The summed E-state index contributed by atoms with van der Waals surface area (Å²) in [6.07, 6.45) is 2.71. The van der Waals surface area contributed by atoms with Crippen molar-refractivity contribution in [3.63, 3.8) is 0 Å². The number of hydrogen-bond donors (Lipinski definition) is 1. The molecule has 0 aliphatic rings. The zero-order valence-electron chi connectivity index (χ0n) is 6.96. The van der Waals surface area contributed by atoms with Crippen LogP contribution in [0.4, 0.5) is 0 Å². The first-order chi connectivity index (χ1) is 6.19. The molecule has 0 atom stereocenters. The number of benzene rings is 1. The Morgan fingerprint density at radius 1 is 1.54 bits per heavy atom. The normalized spacial score (nSPS) is 9.62. The van der Waals surface area contributed by atoms with Crippen LogP contribution >= 0.6 is 11.6 Å². The summed E-state index contributed by atoms with van der Waals surface area (Å²) in [5.41, 5.74) is 0.828. The minimum atomic E-state index is -0.0145. The van der Waals surface area contributed by atoms with Crippen molar-refractivity contribution in [2.75, 3.05) is 0 Å². The minimum Gasteiger partial charge on any atom is -0.507 e. The van der Waals surface area contributed by atoms with E-state index in [0.29, 0.717) is 23.3 Å². The van der Waals surface area contributed by atoms with Crippen molar-refractivity contribution in [3.8, 4) is 5.75 Å². The highest BCUT2D eigenvalue weighted by Gasteiger charge is 2.06. The molecule has 68 valence electrons. The van der Waals surface area contributed by atoms with Gasteiger partial charge >= 0.3 is 0 Å². The number of phenols is 1. The van der Waals surface area contributed by atoms with E-state index >= 15 is 0 Å². The van der Waals surface area contributed by atoms with E-state index in [1.54, 1.807) is 12.1 Å². The van der Waals surface area contributed by atoms with E-state index in [-0.39, 0.29) is 11.3 Å². The van der Waals surface area contributed by atoms with Crippen LogP contribution in [0.1, 0.15) is 15.9 Å². The lowest BCUT2D eigenvalue weighted by atomic mass is 10.1. The van der Waals surface area contributed by atoms with Crippen molar-refractivity contribution < 1.29 is 9.90 Å². The Labute approximate surface area is 81.5 Å². The largest absolute Gasteiger partial charge is 0.507 e. The van der Waals surface area contributed by atoms with Crippen LogP contribution in [0.15, 0.2) is 24.8 Å². The van der Waals surface area contributed by atoms with Gasteiger partial charge in [-0.15, -0.1) is 6.58 Å². The second-order valence-corrected chi connectivity index (χ2v) is 3.05. The number of carbonyl (C=O) groups excluding carboxylic acids is 1. The third-order valence-electron chi connectivity index (χ3n) is 1.67. The van der Waals surface area contributed by atoms with Crippen LogP contribution in [0, 0.1) is 0 Å². The Hall–Kier alpha value is -1.28. The van der Waals surface area contributed by atoms with Crippen molar-refractivity contribution in [2.24, 2.45) is 0 Å². The summed E-state index contributed by atoms with van der Waals surface area (Å²) in [6.45, 7) is 3.54. The van der Waals surface area contributed by atoms with Crippen molar-refractivity contribution in [1.82, 2.24) is 0 Å². The SMILES string of the molecule is C=CCc1cc(Cl)cc(C=O)c1O. The van der Waals surface area contributed by atoms with Crippen molar-refractivity contribution in [2.45, 2.75) is 6.42 Å². The number of carbonyl (C=O) groups is 1. The van der Waals surface area contributed by atoms with Gasteiger partial charge in [-0.25, -0.2) is 0 Å². The molecule has 1 aromatic rings. The summed E-state index contributed by atoms with van der Waals surface area (Å²) in [5.74, 6) is -0.0145. The maximum absolute atomic E-state index is 10.5. The summed E-state index contributed by atoms with van der Waals surface area (Å²) >= 11 is 5.73. The van der Waals surface area contributed by atoms with Gasteiger partial charge in [-0.2, -0.15) is 0 Å². The fraction of sp³-hybridized carbons (Fsp3) is 0.100. The van der Waals surface area contributed by atoms with Crippen molar-refractivity contribution >= 4 is 17.9 Å². The molecule has 1 N–H and O–H groups in total. The topological polar surface area (TPSA) is 37.3 Å². The van der Waals surface area contributed by atoms with E-state index < -0.39 is 0 Å². The third kappa shape index (κ3) is 2.10. The lowest BCUT2D eigenvalue weighted by Gasteiger charge is -2.04. The molecule has 2 nitrogen and oxygen atoms in total. The zero-order chi connectivity index (χ0) is 9.84. The van der Waals surface area contributed by atoms with Crippen LogP contribution in [-0.2, 0) is 6.42 Å². The van der Waals surface area contributed by atoms with Crippen LogP contribution in [0.5, 0.6) is 5.75 Å². The number of aromatic hydroxyl groups is 1. The molecule has 3 heteroatoms. The number of phenolic OH excluding ortho intramolecular Hbond substituents is 1. The maximum Gasteiger partial charge on any atom is 0.153 e. The summed E-state index contributed by atoms with van der Waals surface area (Å²) in [4.78, 5) is 10.5. The van der Waals surface area contributed by atoms with Crippen LogP contribution in [0.2, 0.25) is 5.02 Å². The first kappa shape index (κ1) is 9.81. The third-order valence-corrected chi connectivity index (χ3v) is 1.89. The van der Waals surface area contributed by atoms with Gasteiger partial charge in [0, 0.05) is 5.02 Å². The van der Waals surface area contributed by atoms with E-state index in [2.05, 4.69) is 6.58 Å². The lowest BCUT2D eigenvalue weighted by Crippen LogP contribution is -1.88. The van der Waals surface area contributed by atoms with Gasteiger partial charge in [0.15, 0.2) is 6.29 Å². The fourth-order valence-electron chi connectivity index (χ4n) is 1.08. The molecule has 0 aliphatic carbocycles. The van der Waals surface area contributed by atoms with E-state index in [1.807, 2.05) is 0 Å². The van der Waals surface area contributed by atoms with Gasteiger partial charge in [0.1, 0.15) is 5.75 Å². The molecule has 0 bridgehead atoms. The second-order valence-electron chi connectivity index (χ2n) is 2.61. The van der Waals surface area contributed by atoms with Crippen LogP contribution in [0.25, 0.3) is 0 Å². The number of rotatable bonds is 3. The Balaban J connectivity index is 3.25. The summed E-state index contributed by atoms with van der Waals surface area (Å²) < 4.78 is 0. The van der Waals surface area contributed by atoms with Gasteiger partial charge in [0.05, 0.1) is 5.56 Å². The Bertz CT molecular complexity index is 345. The van der Waals surface area contributed by atoms with E-state index in [0.717, 1.165) is 0 Å². The average molecular weight is 197 g/mol. The molecule has 0 spiro atoms. The van der Waals surface area contributed by atoms with Crippen molar-refractivity contribution in [1.29, 1.82) is 0 Å². The lowest BCUT2D eigenvalue weighted by molar-refractivity contribution is 0.112. The standard InChI is InChI=1S/C10H9ClO2/c1-2-3-7-4-9(11)5-8(6-12)10(7)13/h2,4-6,13H,1,3H2. The second kappa shape index (κ2) is 4.10. The van der Waals surface area contributed by atoms with Crippen LogP contribution < -0.4 is 0 Å². The first-order valence-electron chi connectivity index (χ1n) is 3.76. The average Bonchev–Trinajstić information content (AvgIpc) is 2.11. The number of hydrogen-bond acceptors (Lipinski definition) is 2. The van der Waals surface area contributed by atoms with Gasteiger partial charge in [-0.1, -0.05) is 17.7 Å². The van der Waals surface area contributed by atoms with Crippen molar-refractivity contribution in [3.05, 3.63) is 40.9 Å². The minimum absolute atomic E-state index is 0.0145. The predicted octanol–water partition coefficient (Wildman–Crippen LogP) is 2.59. The predicted molar refractivity (Wildman–Crippen MR) is 52.4 cm³/mol. The highest BCUT2D eigenvalue weighted by atomic mass is 35.5. The molecule has 1 rings (SSSR count). The van der Waals surface area contributed by atoms with Gasteiger partial charge in [-0.3, -0.25) is 4.79 Å². The van der Waals surface area contributed by atoms with E-state index in [9.17, 15) is 9.90 Å². The molecule has 0 aliphatic heterocycles. The maximum atomic E-state index is 10.5. The number of allylic oxidation sites excluding steroid dienone is 1. The number of aldehydes is 1. The highest BCUT2D eigenvalue weighted by molar-refractivity contribution is 6.31. The molecule has 13 heavy (non-hydrogen) atoms. The molecule has 0 radical (unpaired) electrons. The van der Waals surface area contributed by atoms with Gasteiger partial charge < -0.3 is 5.11 Å². The van der Waals surface area contributed by atoms with Gasteiger partial charge in [-0.05, 0) is 24.1 Å².